The van der Waals surface area contributed by atoms with Gasteiger partial charge in [0, 0.05) is 36.0 Å². The first-order valence-electron chi connectivity index (χ1n) is 16.4. The number of benzene rings is 3. The monoisotopic (exact) mass is 726 g/mol. The molecule has 268 valence electrons. The van der Waals surface area contributed by atoms with Gasteiger partial charge in [0.1, 0.15) is 24.0 Å². The van der Waals surface area contributed by atoms with E-state index in [2.05, 4.69) is 9.97 Å². The van der Waals surface area contributed by atoms with Crippen LogP contribution >= 0.6 is 0 Å². The summed E-state index contributed by atoms with van der Waals surface area (Å²) in [6, 6.07) is 11.3. The average molecular weight is 727 g/mol. The molecule has 1 aliphatic carbocycles. The summed E-state index contributed by atoms with van der Waals surface area (Å²) in [5, 5.41) is 9.88. The summed E-state index contributed by atoms with van der Waals surface area (Å²) in [6.07, 6.45) is 8.33. The maximum atomic E-state index is 15.0. The fraction of sp³-hybridized carbons (Fsp3) is 0.333. The first-order valence-corrected chi connectivity index (χ1v) is 17.8. The Hall–Kier alpha value is -4.89. The number of aromatic nitrogens is 2. The van der Waals surface area contributed by atoms with Crippen molar-refractivity contribution in [3.05, 3.63) is 112 Å². The summed E-state index contributed by atoms with van der Waals surface area (Å²) in [6.45, 7) is 0.166. The number of rotatable bonds is 11. The molecule has 0 bridgehead atoms. The van der Waals surface area contributed by atoms with Gasteiger partial charge in [-0.25, -0.2) is 30.8 Å². The molecular formula is C36H34F4N4O6S. The predicted molar refractivity (Wildman–Crippen MR) is 177 cm³/mol. The smallest absolute Gasteiger partial charge is 0.339 e. The van der Waals surface area contributed by atoms with Crippen molar-refractivity contribution in [1.29, 1.82) is 0 Å². The van der Waals surface area contributed by atoms with Gasteiger partial charge in [-0.15, -0.1) is 0 Å². The summed E-state index contributed by atoms with van der Waals surface area (Å²) in [7, 11) is -5.19. The van der Waals surface area contributed by atoms with E-state index in [4.69, 9.17) is 4.74 Å². The van der Waals surface area contributed by atoms with Crippen molar-refractivity contribution in [3.63, 3.8) is 0 Å². The fourth-order valence-electron chi connectivity index (χ4n) is 6.37. The van der Waals surface area contributed by atoms with Crippen LogP contribution in [-0.4, -0.2) is 52.3 Å². The summed E-state index contributed by atoms with van der Waals surface area (Å²) in [5.74, 6) is -10.0. The van der Waals surface area contributed by atoms with Gasteiger partial charge in [0.25, 0.3) is 0 Å². The van der Waals surface area contributed by atoms with E-state index in [1.165, 1.54) is 24.4 Å². The minimum Gasteiger partial charge on any atom is -0.488 e. The lowest BCUT2D eigenvalue weighted by molar-refractivity contribution is -0.125. The third-order valence-corrected chi connectivity index (χ3v) is 11.3. The molecule has 0 spiro atoms. The number of halogens is 4. The summed E-state index contributed by atoms with van der Waals surface area (Å²) >= 11 is 0. The highest BCUT2D eigenvalue weighted by Crippen LogP contribution is 2.36. The molecule has 3 aromatic carbocycles. The van der Waals surface area contributed by atoms with Gasteiger partial charge < -0.3 is 14.7 Å². The van der Waals surface area contributed by atoms with Crippen LogP contribution in [0, 0.1) is 30.2 Å². The quantitative estimate of drug-likeness (QED) is 0.103. The Morgan fingerprint density at radius 2 is 1.65 bits per heavy atom. The van der Waals surface area contributed by atoms with Crippen LogP contribution in [0.3, 0.4) is 0 Å². The van der Waals surface area contributed by atoms with Crippen molar-refractivity contribution in [3.8, 4) is 5.75 Å². The molecule has 1 amide bonds. The number of carboxylic acid groups (broad SMARTS) is 1. The van der Waals surface area contributed by atoms with Crippen molar-refractivity contribution in [2.45, 2.75) is 75.5 Å². The Balaban J connectivity index is 1.36. The van der Waals surface area contributed by atoms with Crippen LogP contribution in [0.2, 0.25) is 0 Å². The van der Waals surface area contributed by atoms with Gasteiger partial charge in [-0.3, -0.25) is 14.8 Å². The van der Waals surface area contributed by atoms with Gasteiger partial charge in [-0.2, -0.15) is 4.31 Å². The SMILES string of the molecule is Cc1c(F)c(F)c(F)c(S(=O)(=O)N2CC[C@@H]2C(=O)N(Cc2cnc(C3CCCCC3)cn2)c2ccc(C(=O)O)c(OCc3ccccc3)c2)c1F. The Morgan fingerprint density at radius 3 is 2.27 bits per heavy atom. The van der Waals surface area contributed by atoms with Crippen molar-refractivity contribution in [1.82, 2.24) is 14.3 Å². The van der Waals surface area contributed by atoms with Gasteiger partial charge in [-0.1, -0.05) is 49.6 Å². The number of carboxylic acids is 1. The van der Waals surface area contributed by atoms with Crippen LogP contribution in [0.5, 0.6) is 5.75 Å². The molecule has 1 aromatic heterocycles. The second kappa shape index (κ2) is 14.8. The largest absolute Gasteiger partial charge is 0.488 e. The highest BCUT2D eigenvalue weighted by Gasteiger charge is 2.47. The minimum absolute atomic E-state index is 0.00789. The number of anilines is 1. The molecular weight excluding hydrogens is 692 g/mol. The zero-order valence-electron chi connectivity index (χ0n) is 27.5. The highest BCUT2D eigenvalue weighted by molar-refractivity contribution is 7.89. The van der Waals surface area contributed by atoms with Crippen LogP contribution < -0.4 is 9.64 Å². The molecule has 6 rings (SSSR count). The van der Waals surface area contributed by atoms with Gasteiger partial charge in [0.2, 0.25) is 15.9 Å². The van der Waals surface area contributed by atoms with Crippen LogP contribution in [-0.2, 0) is 28.0 Å². The van der Waals surface area contributed by atoms with Gasteiger partial charge in [-0.05, 0) is 43.9 Å². The zero-order valence-corrected chi connectivity index (χ0v) is 28.3. The molecule has 51 heavy (non-hydrogen) atoms. The van der Waals surface area contributed by atoms with E-state index < -0.39 is 61.7 Å². The molecule has 0 unspecified atom stereocenters. The highest BCUT2D eigenvalue weighted by atomic mass is 32.2. The molecule has 1 saturated carbocycles. The maximum Gasteiger partial charge on any atom is 0.339 e. The fourth-order valence-corrected chi connectivity index (χ4v) is 8.18. The summed E-state index contributed by atoms with van der Waals surface area (Å²) in [5.41, 5.74) is 0.736. The maximum absolute atomic E-state index is 15.0. The topological polar surface area (TPSA) is 130 Å². The zero-order chi connectivity index (χ0) is 36.4. The van der Waals surface area contributed by atoms with Gasteiger partial charge >= 0.3 is 5.97 Å². The van der Waals surface area contributed by atoms with E-state index in [0.29, 0.717) is 10.00 Å². The molecule has 2 aliphatic rings. The van der Waals surface area contributed by atoms with Crippen LogP contribution in [0.25, 0.3) is 0 Å². The molecule has 2 heterocycles. The van der Waals surface area contributed by atoms with Crippen molar-refractivity contribution < 1.29 is 45.4 Å². The van der Waals surface area contributed by atoms with Gasteiger partial charge in [0.15, 0.2) is 28.2 Å². The Bertz CT molecular complexity index is 2030. The first-order chi connectivity index (χ1) is 24.4. The second-order valence-corrected chi connectivity index (χ2v) is 14.4. The third-order valence-electron chi connectivity index (χ3n) is 9.34. The van der Waals surface area contributed by atoms with Crippen molar-refractivity contribution in [2.24, 2.45) is 0 Å². The Kier molecular flexibility index (Phi) is 10.4. The van der Waals surface area contributed by atoms with E-state index in [9.17, 15) is 36.3 Å². The number of carbonyl (C=O) groups excluding carboxylic acids is 1. The molecule has 10 nitrogen and oxygen atoms in total. The van der Waals surface area contributed by atoms with Crippen LogP contribution in [0.15, 0.2) is 65.8 Å². The third kappa shape index (κ3) is 7.17. The normalized spacial score (nSPS) is 16.8. The summed E-state index contributed by atoms with van der Waals surface area (Å²) in [4.78, 5) is 35.0. The Labute approximate surface area is 291 Å². The molecule has 2 fully saturated rings. The summed E-state index contributed by atoms with van der Waals surface area (Å²) < 4.78 is 91.7. The van der Waals surface area contributed by atoms with E-state index in [1.54, 1.807) is 36.5 Å². The molecule has 1 saturated heterocycles. The lowest BCUT2D eigenvalue weighted by atomic mass is 9.87. The number of ether oxygens (including phenoxy) is 1. The molecule has 1 atom stereocenters. The number of sulfonamides is 1. The molecule has 4 aromatic rings. The molecule has 15 heteroatoms. The minimum atomic E-state index is -5.19. The standard InChI is InChI=1S/C36H34F4N4O6S/c1-21-30(37)32(39)33(40)34(31(21)38)51(48,49)44-15-14-28(44)35(45)43(19-24-17-42-27(18-41-24)23-10-6-3-7-11-23)25-12-13-26(36(46)47)29(16-25)50-20-22-8-4-2-5-9-22/h2,4-5,8-9,12-13,16-18,23,28H,3,6-7,10-11,14-15,19-20H2,1H3,(H,46,47)/t28-/m1/s1. The number of carbonyl (C=O) groups is 2. The predicted octanol–water partition coefficient (Wildman–Crippen LogP) is 6.66. The van der Waals surface area contributed by atoms with Gasteiger partial charge in [0.05, 0.1) is 24.1 Å². The second-order valence-electron chi connectivity index (χ2n) is 12.6. The number of hydrogen-bond acceptors (Lipinski definition) is 7. The van der Waals surface area contributed by atoms with E-state index >= 15 is 4.39 Å². The first kappa shape index (κ1) is 35.9. The van der Waals surface area contributed by atoms with E-state index in [1.807, 2.05) is 0 Å². The molecule has 1 aliphatic heterocycles. The number of hydrogen-bond donors (Lipinski definition) is 1. The number of aromatic carboxylic acids is 1. The van der Waals surface area contributed by atoms with E-state index in [0.717, 1.165) is 55.2 Å². The van der Waals surface area contributed by atoms with E-state index in [-0.39, 0.29) is 49.0 Å². The lowest BCUT2D eigenvalue weighted by Crippen LogP contribution is -2.59. The van der Waals surface area contributed by atoms with Crippen molar-refractivity contribution in [2.75, 3.05) is 11.4 Å². The number of amides is 1. The number of nitrogens with zero attached hydrogens (tertiary/aromatic N) is 4. The van der Waals surface area contributed by atoms with Crippen LogP contribution in [0.1, 0.15) is 77.3 Å². The Morgan fingerprint density at radius 1 is 0.922 bits per heavy atom. The van der Waals surface area contributed by atoms with Crippen molar-refractivity contribution >= 4 is 27.6 Å². The molecule has 1 N–H and O–H groups in total. The van der Waals surface area contributed by atoms with Crippen LogP contribution in [0.4, 0.5) is 23.2 Å². The lowest BCUT2D eigenvalue weighted by Gasteiger charge is -2.41. The molecule has 0 radical (unpaired) electrons. The average Bonchev–Trinajstić information content (AvgIpc) is 3.11.